The number of aryl methyl sites for hydroxylation is 2. The van der Waals surface area contributed by atoms with Gasteiger partial charge >= 0.3 is 0 Å². The zero-order valence-corrected chi connectivity index (χ0v) is 15.2. The van der Waals surface area contributed by atoms with Crippen molar-refractivity contribution >= 4 is 5.83 Å². The molecule has 0 aromatic heterocycles. The van der Waals surface area contributed by atoms with Crippen LogP contribution in [0.2, 0.25) is 0 Å². The van der Waals surface area contributed by atoms with Gasteiger partial charge in [-0.25, -0.2) is 17.6 Å². The van der Waals surface area contributed by atoms with E-state index >= 15 is 0 Å². The number of hydrogen-bond acceptors (Lipinski definition) is 0. The first kappa shape index (κ1) is 20.2. The van der Waals surface area contributed by atoms with E-state index in [9.17, 15) is 17.6 Å². The highest BCUT2D eigenvalue weighted by Gasteiger charge is 2.11. The predicted molar refractivity (Wildman–Crippen MR) is 98.2 cm³/mol. The summed E-state index contributed by atoms with van der Waals surface area (Å²) in [4.78, 5) is 0. The molecule has 0 spiro atoms. The van der Waals surface area contributed by atoms with Gasteiger partial charge in [0.15, 0.2) is 5.83 Å². The number of halogens is 4. The quantitative estimate of drug-likeness (QED) is 0.438. The third kappa shape index (κ3) is 5.20. The maximum Gasteiger partial charge on any atom is 0.161 e. The second kappa shape index (κ2) is 9.56. The minimum absolute atomic E-state index is 0.0821. The maximum absolute atomic E-state index is 14.0. The van der Waals surface area contributed by atoms with Crippen LogP contribution >= 0.6 is 0 Å². The average Bonchev–Trinajstić information content (AvgIpc) is 2.63. The Balaban J connectivity index is 2.05. The molecule has 2 aromatic rings. The largest absolute Gasteiger partial charge is 0.209 e. The second-order valence-corrected chi connectivity index (χ2v) is 6.45. The summed E-state index contributed by atoms with van der Waals surface area (Å²) in [5.74, 6) is -2.57. The van der Waals surface area contributed by atoms with E-state index in [1.165, 1.54) is 24.3 Å². The molecule has 2 aromatic carbocycles. The number of allylic oxidation sites excluding steroid dienone is 1. The van der Waals surface area contributed by atoms with Crippen LogP contribution < -0.4 is 0 Å². The molecule has 0 amide bonds. The first-order chi connectivity index (χ1) is 12.5. The zero-order chi connectivity index (χ0) is 19.1. The lowest BCUT2D eigenvalue weighted by molar-refractivity contribution is 0.549. The van der Waals surface area contributed by atoms with Crippen LogP contribution in [0, 0.1) is 11.6 Å². The van der Waals surface area contributed by atoms with E-state index in [0.717, 1.165) is 5.56 Å². The van der Waals surface area contributed by atoms with E-state index in [0.29, 0.717) is 37.7 Å². The smallest absolute Gasteiger partial charge is 0.161 e. The lowest BCUT2D eigenvalue weighted by atomic mass is 10.00. The van der Waals surface area contributed by atoms with Gasteiger partial charge in [0.05, 0.1) is 0 Å². The van der Waals surface area contributed by atoms with Crippen LogP contribution in [-0.2, 0) is 19.3 Å². The molecule has 0 atom stereocenters. The minimum Gasteiger partial charge on any atom is -0.209 e. The van der Waals surface area contributed by atoms with Gasteiger partial charge < -0.3 is 0 Å². The fraction of sp³-hybridized carbons (Fsp3) is 0.364. The summed E-state index contributed by atoms with van der Waals surface area (Å²) in [5, 5.41) is 0. The topological polar surface area (TPSA) is 0 Å². The summed E-state index contributed by atoms with van der Waals surface area (Å²) in [7, 11) is 0. The Hall–Kier alpha value is -2.10. The van der Waals surface area contributed by atoms with Crippen molar-refractivity contribution in [3.63, 3.8) is 0 Å². The van der Waals surface area contributed by atoms with Gasteiger partial charge in [-0.3, -0.25) is 0 Å². The van der Waals surface area contributed by atoms with Gasteiger partial charge in [0, 0.05) is 17.5 Å². The second-order valence-electron chi connectivity index (χ2n) is 6.45. The number of hydrogen-bond donors (Lipinski definition) is 0. The fourth-order valence-electron chi connectivity index (χ4n) is 2.88. The molecule has 0 bridgehead atoms. The van der Waals surface area contributed by atoms with Crippen LogP contribution in [0.4, 0.5) is 17.6 Å². The predicted octanol–water partition coefficient (Wildman–Crippen LogP) is 7.11. The van der Waals surface area contributed by atoms with Gasteiger partial charge in [0.1, 0.15) is 17.5 Å². The van der Waals surface area contributed by atoms with E-state index in [1.807, 2.05) is 6.92 Å². The minimum atomic E-state index is -0.825. The van der Waals surface area contributed by atoms with Crippen molar-refractivity contribution < 1.29 is 17.6 Å². The van der Waals surface area contributed by atoms with E-state index < -0.39 is 23.3 Å². The average molecular weight is 364 g/mol. The number of rotatable bonds is 8. The highest BCUT2D eigenvalue weighted by atomic mass is 19.2. The SMILES string of the molecule is CCC/C(F)=C(/F)c1ccc(CCc2cc(F)c(CCC)c(F)c2)cc1. The molecule has 0 saturated heterocycles. The van der Waals surface area contributed by atoms with Crippen LogP contribution in [0.15, 0.2) is 42.2 Å². The monoisotopic (exact) mass is 364 g/mol. The van der Waals surface area contributed by atoms with E-state index in [1.54, 1.807) is 19.1 Å². The van der Waals surface area contributed by atoms with Gasteiger partial charge in [-0.05, 0) is 48.9 Å². The maximum atomic E-state index is 14.0. The first-order valence-corrected chi connectivity index (χ1v) is 9.06. The molecule has 4 heteroatoms. The lowest BCUT2D eigenvalue weighted by Gasteiger charge is -2.08. The Bertz CT molecular complexity index is 737. The molecule has 0 unspecified atom stereocenters. The van der Waals surface area contributed by atoms with Gasteiger partial charge in [-0.2, -0.15) is 0 Å². The summed E-state index contributed by atoms with van der Waals surface area (Å²) in [6, 6.07) is 9.26. The van der Waals surface area contributed by atoms with E-state index in [-0.39, 0.29) is 17.5 Å². The number of benzene rings is 2. The van der Waals surface area contributed by atoms with Crippen molar-refractivity contribution in [3.8, 4) is 0 Å². The first-order valence-electron chi connectivity index (χ1n) is 9.06. The molecule has 0 aliphatic heterocycles. The lowest BCUT2D eigenvalue weighted by Crippen LogP contribution is -2.00. The molecule has 0 fully saturated rings. The normalized spacial score (nSPS) is 12.2. The summed E-state index contributed by atoms with van der Waals surface area (Å²) in [6.45, 7) is 3.67. The molecular formula is C22H24F4. The van der Waals surface area contributed by atoms with Gasteiger partial charge in [-0.1, -0.05) is 44.5 Å². The van der Waals surface area contributed by atoms with E-state index in [2.05, 4.69) is 0 Å². The Labute approximate surface area is 152 Å². The van der Waals surface area contributed by atoms with Gasteiger partial charge in [-0.15, -0.1) is 0 Å². The molecule has 140 valence electrons. The van der Waals surface area contributed by atoms with Crippen LogP contribution in [-0.4, -0.2) is 0 Å². The van der Waals surface area contributed by atoms with Crippen molar-refractivity contribution in [3.05, 3.63) is 76.1 Å². The molecule has 0 saturated carbocycles. The third-order valence-electron chi connectivity index (χ3n) is 4.32. The zero-order valence-electron chi connectivity index (χ0n) is 15.2. The van der Waals surface area contributed by atoms with Gasteiger partial charge in [0.2, 0.25) is 0 Å². The highest BCUT2D eigenvalue weighted by Crippen LogP contribution is 2.25. The summed E-state index contributed by atoms with van der Waals surface area (Å²) in [6.07, 6.45) is 2.73. The Kier molecular flexibility index (Phi) is 7.43. The standard InChI is InChI=1S/C22H24F4/c1-3-5-18-20(24)13-16(14-21(18)25)8-7-15-9-11-17(12-10-15)22(26)19(23)6-4-2/h9-14H,3-8H2,1-2H3/b22-19-. The van der Waals surface area contributed by atoms with Crippen molar-refractivity contribution in [2.75, 3.05) is 0 Å². The van der Waals surface area contributed by atoms with Crippen LogP contribution in [0.1, 0.15) is 55.4 Å². The Morgan fingerprint density at radius 3 is 1.88 bits per heavy atom. The summed E-state index contributed by atoms with van der Waals surface area (Å²) in [5.41, 5.74) is 1.83. The van der Waals surface area contributed by atoms with Gasteiger partial charge in [0.25, 0.3) is 0 Å². The van der Waals surface area contributed by atoms with Crippen molar-refractivity contribution in [1.29, 1.82) is 0 Å². The highest BCUT2D eigenvalue weighted by molar-refractivity contribution is 5.61. The molecular weight excluding hydrogens is 340 g/mol. The van der Waals surface area contributed by atoms with E-state index in [4.69, 9.17) is 0 Å². The molecule has 2 rings (SSSR count). The van der Waals surface area contributed by atoms with Crippen LogP contribution in [0.3, 0.4) is 0 Å². The van der Waals surface area contributed by atoms with Crippen LogP contribution in [0.5, 0.6) is 0 Å². The van der Waals surface area contributed by atoms with Crippen LogP contribution in [0.25, 0.3) is 5.83 Å². The summed E-state index contributed by atoms with van der Waals surface area (Å²) < 4.78 is 55.4. The molecule has 0 N–H and O–H groups in total. The molecule has 26 heavy (non-hydrogen) atoms. The van der Waals surface area contributed by atoms with Crippen molar-refractivity contribution in [2.24, 2.45) is 0 Å². The third-order valence-corrected chi connectivity index (χ3v) is 4.32. The Morgan fingerprint density at radius 1 is 0.769 bits per heavy atom. The molecule has 0 aliphatic carbocycles. The van der Waals surface area contributed by atoms with Crippen molar-refractivity contribution in [2.45, 2.75) is 52.4 Å². The molecule has 0 radical (unpaired) electrons. The molecule has 0 nitrogen and oxygen atoms in total. The fourth-order valence-corrected chi connectivity index (χ4v) is 2.88. The Morgan fingerprint density at radius 2 is 1.35 bits per heavy atom. The van der Waals surface area contributed by atoms with Crippen molar-refractivity contribution in [1.82, 2.24) is 0 Å². The molecule has 0 heterocycles. The molecule has 0 aliphatic rings. The summed E-state index contributed by atoms with van der Waals surface area (Å²) >= 11 is 0.